The molecule has 1 aliphatic heterocycles. The number of anilines is 4. The Morgan fingerprint density at radius 1 is 0.762 bits per heavy atom. The molecular formula is C43H62ClN9O7S2Si. The van der Waals surface area contributed by atoms with Gasteiger partial charge in [-0.25, -0.2) is 26.6 Å². The van der Waals surface area contributed by atoms with Crippen LogP contribution in [0.2, 0.25) is 25.7 Å². The SMILES string of the molecule is C[Si](C)(C)CCOCn1nc(S(=O)(=O)Cl)nc1Nc1c2c(cc3c1CCC3)CCC2.O=S(=O)(c1nc(Nc2c3c(cc4c2CCC4)CCC3)n[nH]1)N1CCC(O)C1.OC1CCCC1. The lowest BCUT2D eigenvalue weighted by Gasteiger charge is -2.18. The molecule has 1 atom stereocenters. The summed E-state index contributed by atoms with van der Waals surface area (Å²) in [4.78, 5) is 8.41. The van der Waals surface area contributed by atoms with Crippen molar-refractivity contribution in [3.05, 3.63) is 56.6 Å². The summed E-state index contributed by atoms with van der Waals surface area (Å²) in [6.07, 6.45) is 17.5. The van der Waals surface area contributed by atoms with Gasteiger partial charge in [0.15, 0.2) is 0 Å². The van der Waals surface area contributed by atoms with Crippen molar-refractivity contribution in [1.82, 2.24) is 34.3 Å². The number of aliphatic hydroxyl groups excluding tert-OH is 2. The monoisotopic (exact) mass is 943 g/mol. The summed E-state index contributed by atoms with van der Waals surface area (Å²) in [7, 11) is -3.49. The number of fused-ring (bicyclic) bond motifs is 4. The molecule has 20 heteroatoms. The molecule has 2 aromatic carbocycles. The van der Waals surface area contributed by atoms with Crippen LogP contribution >= 0.6 is 10.7 Å². The summed E-state index contributed by atoms with van der Waals surface area (Å²) in [5.74, 6) is 0.638. The van der Waals surface area contributed by atoms with Crippen molar-refractivity contribution in [2.45, 2.75) is 164 Å². The number of hydrogen-bond donors (Lipinski definition) is 5. The van der Waals surface area contributed by atoms with Gasteiger partial charge in [0.05, 0.1) is 12.2 Å². The number of rotatable bonds is 12. The lowest BCUT2D eigenvalue weighted by atomic mass is 9.99. The molecule has 0 spiro atoms. The van der Waals surface area contributed by atoms with E-state index in [4.69, 9.17) is 20.5 Å². The Hall–Kier alpha value is -3.43. The van der Waals surface area contributed by atoms with E-state index in [1.54, 1.807) is 0 Å². The predicted molar refractivity (Wildman–Crippen MR) is 245 cm³/mol. The zero-order chi connectivity index (χ0) is 44.5. The van der Waals surface area contributed by atoms with Gasteiger partial charge in [0, 0.05) is 49.8 Å². The molecule has 63 heavy (non-hydrogen) atoms. The van der Waals surface area contributed by atoms with E-state index in [1.165, 1.54) is 66.3 Å². The van der Waals surface area contributed by atoms with Crippen LogP contribution in [0, 0.1) is 0 Å². The summed E-state index contributed by atoms with van der Waals surface area (Å²) in [6, 6.07) is 5.72. The Morgan fingerprint density at radius 3 is 1.76 bits per heavy atom. The number of nitrogens with zero attached hydrogens (tertiary/aromatic N) is 6. The van der Waals surface area contributed by atoms with Gasteiger partial charge in [-0.15, -0.1) is 10.2 Å². The zero-order valence-electron chi connectivity index (χ0n) is 36.7. The number of H-pyrrole nitrogens is 1. The summed E-state index contributed by atoms with van der Waals surface area (Å²) in [5.41, 5.74) is 13.0. The molecule has 4 aromatic rings. The molecule has 1 saturated carbocycles. The number of aryl methyl sites for hydroxylation is 4. The molecule has 1 unspecified atom stereocenters. The minimum Gasteiger partial charge on any atom is -0.393 e. The maximum Gasteiger partial charge on any atom is 0.298 e. The molecule has 0 radical (unpaired) electrons. The number of sulfonamides is 1. The van der Waals surface area contributed by atoms with Crippen LogP contribution < -0.4 is 10.6 Å². The fraction of sp³-hybridized carbons (Fsp3) is 0.628. The normalized spacial score (nSPS) is 19.6. The van der Waals surface area contributed by atoms with Crippen LogP contribution in [0.4, 0.5) is 23.3 Å². The van der Waals surface area contributed by atoms with E-state index in [-0.39, 0.29) is 30.5 Å². The number of benzene rings is 2. The zero-order valence-corrected chi connectivity index (χ0v) is 40.1. The largest absolute Gasteiger partial charge is 0.393 e. The van der Waals surface area contributed by atoms with E-state index in [0.29, 0.717) is 25.5 Å². The van der Waals surface area contributed by atoms with Crippen LogP contribution in [-0.2, 0) is 81.9 Å². The molecule has 16 nitrogen and oxygen atoms in total. The third-order valence-electron chi connectivity index (χ3n) is 13.0. The average molecular weight is 945 g/mol. The van der Waals surface area contributed by atoms with E-state index in [0.717, 1.165) is 107 Å². The van der Waals surface area contributed by atoms with Gasteiger partial charge in [0.1, 0.15) is 6.73 Å². The summed E-state index contributed by atoms with van der Waals surface area (Å²) in [5, 5.41) is 35.3. The molecule has 5 N–H and O–H groups in total. The molecule has 0 amide bonds. The highest BCUT2D eigenvalue weighted by Crippen LogP contribution is 2.41. The van der Waals surface area contributed by atoms with Gasteiger partial charge >= 0.3 is 0 Å². The topological polar surface area (TPSA) is 218 Å². The quantitative estimate of drug-likeness (QED) is 0.0588. The van der Waals surface area contributed by atoms with Crippen molar-refractivity contribution in [3.8, 4) is 0 Å². The Bertz CT molecular complexity index is 2460. The minimum atomic E-state index is -4.03. The van der Waals surface area contributed by atoms with Gasteiger partial charge in [0.25, 0.3) is 29.4 Å². The number of hydrogen-bond acceptors (Lipinski definition) is 13. The highest BCUT2D eigenvalue weighted by molar-refractivity contribution is 8.13. The lowest BCUT2D eigenvalue weighted by Crippen LogP contribution is -2.30. The smallest absolute Gasteiger partial charge is 0.298 e. The van der Waals surface area contributed by atoms with Crippen molar-refractivity contribution in [3.63, 3.8) is 0 Å². The van der Waals surface area contributed by atoms with E-state index in [9.17, 15) is 21.9 Å². The van der Waals surface area contributed by atoms with E-state index >= 15 is 0 Å². The van der Waals surface area contributed by atoms with E-state index < -0.39 is 38.4 Å². The molecule has 6 aliphatic rings. The first kappa shape index (κ1) is 46.1. The van der Waals surface area contributed by atoms with Gasteiger partial charge in [-0.05, 0) is 147 Å². The van der Waals surface area contributed by atoms with Gasteiger partial charge in [-0.1, -0.05) is 44.6 Å². The standard InChI is InChI=1S/C20H29ClN4O3SSi.C18H23N5O3S.C5H10O/c1-30(2,3)11-10-28-13-25-19(23-20(24-25)29(21,26)27)22-18-16-8-4-6-14(16)12-15-7-5-9-17(15)18;24-13-7-8-23(10-13)27(25,26)18-20-17(21-22-18)19-16-14-5-1-3-11(14)9-12-4-2-6-15(12)16;6-5-3-1-2-4-5/h12H,4-11,13H2,1-3H3,(H,22,23,24);9,13,24H,1-8,10H2,(H2,19,20,21,22);5-6H,1-4H2. The van der Waals surface area contributed by atoms with Gasteiger partial charge in [0.2, 0.25) is 11.9 Å². The fourth-order valence-corrected chi connectivity index (χ4v) is 12.3. The first-order chi connectivity index (χ1) is 30.0. The summed E-state index contributed by atoms with van der Waals surface area (Å²) >= 11 is 0. The molecule has 1 saturated heterocycles. The first-order valence-corrected chi connectivity index (χ1v) is 30.1. The van der Waals surface area contributed by atoms with Crippen LogP contribution in [0.25, 0.3) is 0 Å². The average Bonchev–Trinajstić information content (AvgIpc) is 4.07. The number of aromatic nitrogens is 6. The molecule has 10 rings (SSSR count). The van der Waals surface area contributed by atoms with Crippen molar-refractivity contribution in [1.29, 1.82) is 0 Å². The summed E-state index contributed by atoms with van der Waals surface area (Å²) < 4.78 is 57.6. The van der Waals surface area contributed by atoms with Crippen molar-refractivity contribution >= 4 is 61.1 Å². The summed E-state index contributed by atoms with van der Waals surface area (Å²) in [6.45, 7) is 7.99. The lowest BCUT2D eigenvalue weighted by molar-refractivity contribution is 0.0792. The number of β-amino-alcohol motifs (C(OH)–C–C–N with tert-alkyl or cyclic N) is 1. The van der Waals surface area contributed by atoms with E-state index in [2.05, 4.69) is 67.7 Å². The Morgan fingerprint density at radius 2 is 1.30 bits per heavy atom. The molecular weight excluding hydrogens is 882 g/mol. The predicted octanol–water partition coefficient (Wildman–Crippen LogP) is 6.44. The molecule has 344 valence electrons. The second-order valence-electron chi connectivity index (χ2n) is 18.9. The molecule has 0 bridgehead atoms. The number of nitrogens with one attached hydrogen (secondary N) is 3. The number of aliphatic hydroxyl groups is 2. The van der Waals surface area contributed by atoms with Gasteiger partial charge in [-0.3, -0.25) is 0 Å². The van der Waals surface area contributed by atoms with Crippen LogP contribution in [0.3, 0.4) is 0 Å². The highest BCUT2D eigenvalue weighted by atomic mass is 35.7. The van der Waals surface area contributed by atoms with Crippen molar-refractivity contribution in [2.75, 3.05) is 30.3 Å². The molecule has 3 heterocycles. The maximum absolute atomic E-state index is 12.7. The number of ether oxygens (including phenoxy) is 1. The van der Waals surface area contributed by atoms with Crippen LogP contribution in [0.15, 0.2) is 22.4 Å². The van der Waals surface area contributed by atoms with Gasteiger partial charge in [-0.2, -0.15) is 14.3 Å². The molecule has 5 aliphatic carbocycles. The van der Waals surface area contributed by atoms with Crippen LogP contribution in [0.5, 0.6) is 0 Å². The Balaban J connectivity index is 0.000000153. The first-order valence-electron chi connectivity index (χ1n) is 22.7. The molecule has 2 aromatic heterocycles. The van der Waals surface area contributed by atoms with Crippen LogP contribution in [-0.4, -0.2) is 101 Å². The van der Waals surface area contributed by atoms with Crippen molar-refractivity contribution < 1.29 is 31.8 Å². The van der Waals surface area contributed by atoms with E-state index in [1.807, 2.05) is 0 Å². The fourth-order valence-electron chi connectivity index (χ4n) is 9.67. The van der Waals surface area contributed by atoms with Gasteiger partial charge < -0.3 is 25.6 Å². The third kappa shape index (κ3) is 10.8. The maximum atomic E-state index is 12.7. The van der Waals surface area contributed by atoms with Crippen molar-refractivity contribution in [2.24, 2.45) is 0 Å². The number of halogens is 1. The second kappa shape index (κ2) is 19.2. The Kier molecular flexibility index (Phi) is 14.0. The number of aromatic amines is 1. The second-order valence-corrected chi connectivity index (χ2v) is 28.9. The third-order valence-corrected chi connectivity index (χ3v) is 17.4. The minimum absolute atomic E-state index is 0.0463. The Labute approximate surface area is 376 Å². The highest BCUT2D eigenvalue weighted by Gasteiger charge is 2.35. The van der Waals surface area contributed by atoms with Crippen LogP contribution in [0.1, 0.15) is 102 Å². The molecule has 2 fully saturated rings.